The molecule has 1 unspecified atom stereocenters. The van der Waals surface area contributed by atoms with E-state index in [1.807, 2.05) is 15.9 Å². The second-order valence-electron chi connectivity index (χ2n) is 7.27. The number of benzene rings is 1. The standard InChI is InChI=1S/C18H23N3O3S/c1-13-6-4-10-20(12-13)18(22)15-8-5-11-21(15)17-14-7-2-3-9-16(14)25(23,24)19-17/h2-3,7,9,13,15H,4-6,8,10-12H2,1H3/t13?,15-/m0/s1. The molecular weight excluding hydrogens is 338 g/mol. The van der Waals surface area contributed by atoms with Gasteiger partial charge < -0.3 is 9.80 Å². The predicted octanol–water partition coefficient (Wildman–Crippen LogP) is 1.86. The minimum absolute atomic E-state index is 0.119. The van der Waals surface area contributed by atoms with Crippen LogP contribution in [0.15, 0.2) is 33.6 Å². The zero-order valence-electron chi connectivity index (χ0n) is 14.4. The average Bonchev–Trinajstić information content (AvgIpc) is 3.17. The van der Waals surface area contributed by atoms with Crippen molar-refractivity contribution in [3.63, 3.8) is 0 Å². The van der Waals surface area contributed by atoms with Crippen LogP contribution in [0.1, 0.15) is 38.2 Å². The molecule has 134 valence electrons. The molecule has 1 amide bonds. The van der Waals surface area contributed by atoms with Gasteiger partial charge in [0, 0.05) is 25.2 Å². The summed E-state index contributed by atoms with van der Waals surface area (Å²) in [6.45, 7) is 4.44. The van der Waals surface area contributed by atoms with Gasteiger partial charge in [-0.15, -0.1) is 4.40 Å². The van der Waals surface area contributed by atoms with Gasteiger partial charge in [-0.25, -0.2) is 0 Å². The molecule has 0 aliphatic carbocycles. The van der Waals surface area contributed by atoms with Crippen LogP contribution in [0.2, 0.25) is 0 Å². The van der Waals surface area contributed by atoms with Crippen LogP contribution < -0.4 is 0 Å². The highest BCUT2D eigenvalue weighted by atomic mass is 32.2. The first-order valence-corrected chi connectivity index (χ1v) is 10.4. The lowest BCUT2D eigenvalue weighted by Gasteiger charge is -2.35. The van der Waals surface area contributed by atoms with Crippen LogP contribution in [0.5, 0.6) is 0 Å². The normalized spacial score (nSPS) is 28.0. The summed E-state index contributed by atoms with van der Waals surface area (Å²) in [6, 6.07) is 6.58. The molecule has 3 aliphatic rings. The summed E-state index contributed by atoms with van der Waals surface area (Å²) >= 11 is 0. The predicted molar refractivity (Wildman–Crippen MR) is 94.9 cm³/mol. The summed E-state index contributed by atoms with van der Waals surface area (Å²) in [6.07, 6.45) is 3.83. The number of fused-ring (bicyclic) bond motifs is 1. The van der Waals surface area contributed by atoms with Crippen LogP contribution in [0, 0.1) is 5.92 Å². The van der Waals surface area contributed by atoms with Gasteiger partial charge in [-0.05, 0) is 43.7 Å². The molecule has 0 bridgehead atoms. The Kier molecular flexibility index (Phi) is 4.06. The van der Waals surface area contributed by atoms with E-state index >= 15 is 0 Å². The van der Waals surface area contributed by atoms with E-state index in [0.29, 0.717) is 23.9 Å². The smallest absolute Gasteiger partial charge is 0.285 e. The van der Waals surface area contributed by atoms with Gasteiger partial charge in [-0.3, -0.25) is 4.79 Å². The van der Waals surface area contributed by atoms with E-state index in [2.05, 4.69) is 11.3 Å². The zero-order valence-corrected chi connectivity index (χ0v) is 15.2. The van der Waals surface area contributed by atoms with Gasteiger partial charge >= 0.3 is 0 Å². The van der Waals surface area contributed by atoms with Crippen molar-refractivity contribution < 1.29 is 13.2 Å². The Morgan fingerprint density at radius 1 is 1.16 bits per heavy atom. The topological polar surface area (TPSA) is 70.1 Å². The van der Waals surface area contributed by atoms with Gasteiger partial charge in [0.05, 0.1) is 0 Å². The summed E-state index contributed by atoms with van der Waals surface area (Å²) in [7, 11) is -3.65. The summed E-state index contributed by atoms with van der Waals surface area (Å²) < 4.78 is 28.7. The Morgan fingerprint density at radius 2 is 1.92 bits per heavy atom. The maximum absolute atomic E-state index is 13.1. The number of rotatable bonds is 1. The molecule has 3 heterocycles. The number of nitrogens with zero attached hydrogens (tertiary/aromatic N) is 3. The van der Waals surface area contributed by atoms with Crippen molar-refractivity contribution in [3.05, 3.63) is 29.8 Å². The molecule has 25 heavy (non-hydrogen) atoms. The third-order valence-electron chi connectivity index (χ3n) is 5.39. The van der Waals surface area contributed by atoms with Crippen LogP contribution in [0.3, 0.4) is 0 Å². The van der Waals surface area contributed by atoms with Gasteiger partial charge in [0.2, 0.25) is 5.91 Å². The van der Waals surface area contributed by atoms with Gasteiger partial charge in [-0.2, -0.15) is 8.42 Å². The van der Waals surface area contributed by atoms with Gasteiger partial charge in [0.25, 0.3) is 10.0 Å². The number of piperidine rings is 1. The number of sulfonamides is 1. The number of hydrogen-bond acceptors (Lipinski definition) is 4. The molecule has 2 fully saturated rings. The van der Waals surface area contributed by atoms with Crippen LogP contribution in [0.4, 0.5) is 0 Å². The zero-order chi connectivity index (χ0) is 17.6. The minimum Gasteiger partial charge on any atom is -0.343 e. The van der Waals surface area contributed by atoms with Crippen molar-refractivity contribution in [2.45, 2.75) is 43.5 Å². The molecule has 0 N–H and O–H groups in total. The van der Waals surface area contributed by atoms with Crippen LogP contribution in [0.25, 0.3) is 0 Å². The molecule has 7 heteroatoms. The van der Waals surface area contributed by atoms with E-state index in [0.717, 1.165) is 38.8 Å². The Balaban J connectivity index is 1.63. The van der Waals surface area contributed by atoms with Crippen molar-refractivity contribution in [1.29, 1.82) is 0 Å². The third-order valence-corrected chi connectivity index (χ3v) is 6.72. The van der Waals surface area contributed by atoms with Crippen molar-refractivity contribution in [3.8, 4) is 0 Å². The number of carbonyl (C=O) groups is 1. The first-order chi connectivity index (χ1) is 12.0. The number of hydrogen-bond donors (Lipinski definition) is 0. The molecule has 0 aromatic heterocycles. The Hall–Kier alpha value is -1.89. The Morgan fingerprint density at radius 3 is 2.72 bits per heavy atom. The second kappa shape index (κ2) is 6.12. The maximum Gasteiger partial charge on any atom is 0.285 e. The molecule has 0 radical (unpaired) electrons. The average molecular weight is 361 g/mol. The fourth-order valence-corrected chi connectivity index (χ4v) is 5.39. The summed E-state index contributed by atoms with van der Waals surface area (Å²) in [4.78, 5) is 17.2. The van der Waals surface area contributed by atoms with Crippen LogP contribution in [-0.2, 0) is 14.8 Å². The Labute approximate surface area is 148 Å². The summed E-state index contributed by atoms with van der Waals surface area (Å²) in [5, 5.41) is 0. The lowest BCUT2D eigenvalue weighted by molar-refractivity contribution is -0.136. The van der Waals surface area contributed by atoms with E-state index in [9.17, 15) is 13.2 Å². The molecular formula is C18H23N3O3S. The number of amidine groups is 1. The van der Waals surface area contributed by atoms with Crippen LogP contribution in [-0.4, -0.2) is 55.6 Å². The first-order valence-electron chi connectivity index (χ1n) is 8.97. The van der Waals surface area contributed by atoms with E-state index in [4.69, 9.17) is 0 Å². The fraction of sp³-hybridized carbons (Fsp3) is 0.556. The number of carbonyl (C=O) groups excluding carboxylic acids is 1. The van der Waals surface area contributed by atoms with Crippen molar-refractivity contribution in [2.75, 3.05) is 19.6 Å². The van der Waals surface area contributed by atoms with E-state index in [1.54, 1.807) is 18.2 Å². The highest BCUT2D eigenvalue weighted by molar-refractivity contribution is 7.90. The lowest BCUT2D eigenvalue weighted by Crippen LogP contribution is -2.50. The molecule has 4 rings (SSSR count). The molecule has 0 saturated carbocycles. The maximum atomic E-state index is 13.1. The largest absolute Gasteiger partial charge is 0.343 e. The second-order valence-corrected chi connectivity index (χ2v) is 8.84. The van der Waals surface area contributed by atoms with Gasteiger partial charge in [-0.1, -0.05) is 19.1 Å². The van der Waals surface area contributed by atoms with Crippen molar-refractivity contribution in [2.24, 2.45) is 10.3 Å². The highest BCUT2D eigenvalue weighted by Crippen LogP contribution is 2.32. The van der Waals surface area contributed by atoms with E-state index in [-0.39, 0.29) is 16.8 Å². The van der Waals surface area contributed by atoms with Gasteiger partial charge in [0.15, 0.2) is 5.84 Å². The first kappa shape index (κ1) is 16.6. The minimum atomic E-state index is -3.65. The van der Waals surface area contributed by atoms with Crippen molar-refractivity contribution in [1.82, 2.24) is 9.80 Å². The van der Waals surface area contributed by atoms with Gasteiger partial charge in [0.1, 0.15) is 10.9 Å². The molecule has 1 aromatic carbocycles. The highest BCUT2D eigenvalue weighted by Gasteiger charge is 2.40. The quantitative estimate of drug-likeness (QED) is 0.765. The number of amides is 1. The summed E-state index contributed by atoms with van der Waals surface area (Å²) in [5.74, 6) is 1.09. The van der Waals surface area contributed by atoms with E-state index in [1.165, 1.54) is 0 Å². The third kappa shape index (κ3) is 2.84. The monoisotopic (exact) mass is 361 g/mol. The molecule has 6 nitrogen and oxygen atoms in total. The molecule has 1 aromatic rings. The van der Waals surface area contributed by atoms with Crippen molar-refractivity contribution >= 4 is 21.8 Å². The van der Waals surface area contributed by atoms with E-state index < -0.39 is 10.0 Å². The summed E-state index contributed by atoms with van der Waals surface area (Å²) in [5.41, 5.74) is 0.620. The van der Waals surface area contributed by atoms with Crippen LogP contribution >= 0.6 is 0 Å². The molecule has 2 atom stereocenters. The molecule has 2 saturated heterocycles. The SMILES string of the molecule is CC1CCCN(C(=O)[C@@H]2CCCN2C2=NS(=O)(=O)c3ccccc32)C1. The lowest BCUT2D eigenvalue weighted by atomic mass is 9.99. The Bertz CT molecular complexity index is 834. The number of likely N-dealkylation sites (tertiary alicyclic amines) is 2. The molecule has 3 aliphatic heterocycles. The molecule has 0 spiro atoms. The fourth-order valence-electron chi connectivity index (χ4n) is 4.17.